The molecular weight excluding hydrogens is 318 g/mol. The summed E-state index contributed by atoms with van der Waals surface area (Å²) in [5.41, 5.74) is 2.45. The van der Waals surface area contributed by atoms with Crippen LogP contribution in [0.25, 0.3) is 5.52 Å². The van der Waals surface area contributed by atoms with E-state index in [4.69, 9.17) is 0 Å². The lowest BCUT2D eigenvalue weighted by molar-refractivity contribution is 0.0777. The van der Waals surface area contributed by atoms with Crippen molar-refractivity contribution >= 4 is 11.4 Å². The smallest absolute Gasteiger partial charge is 0.274 e. The molecule has 130 valence electrons. The minimum atomic E-state index is -0.0393. The second-order valence-corrected chi connectivity index (χ2v) is 6.78. The Kier molecular flexibility index (Phi) is 3.76. The van der Waals surface area contributed by atoms with Gasteiger partial charge in [0.15, 0.2) is 5.69 Å². The van der Waals surface area contributed by atoms with E-state index in [0.29, 0.717) is 18.8 Å². The van der Waals surface area contributed by atoms with Gasteiger partial charge in [0.1, 0.15) is 6.33 Å². The quantitative estimate of drug-likeness (QED) is 0.708. The van der Waals surface area contributed by atoms with Crippen molar-refractivity contribution in [2.24, 2.45) is 0 Å². The molecular formula is C17H21N7O. The van der Waals surface area contributed by atoms with Crippen molar-refractivity contribution < 1.29 is 4.79 Å². The van der Waals surface area contributed by atoms with Gasteiger partial charge in [-0.25, -0.2) is 9.67 Å². The molecule has 0 bridgehead atoms. The van der Waals surface area contributed by atoms with Gasteiger partial charge in [-0.1, -0.05) is 5.21 Å². The van der Waals surface area contributed by atoms with E-state index in [2.05, 4.69) is 20.2 Å². The summed E-state index contributed by atoms with van der Waals surface area (Å²) >= 11 is 0. The van der Waals surface area contributed by atoms with Crippen LogP contribution in [0, 0.1) is 6.92 Å². The molecule has 0 radical (unpaired) electrons. The zero-order chi connectivity index (χ0) is 17.6. The number of carbonyl (C=O) groups excluding carboxylic acids is 1. The number of hydrogen-bond donors (Lipinski definition) is 0. The van der Waals surface area contributed by atoms with Crippen LogP contribution in [-0.4, -0.2) is 73.3 Å². The number of fused-ring (bicyclic) bond motifs is 1. The fraction of sp³-hybridized carbons (Fsp3) is 0.412. The lowest BCUT2D eigenvalue weighted by atomic mass is 10.1. The summed E-state index contributed by atoms with van der Waals surface area (Å²) in [6.07, 6.45) is 7.14. The predicted octanol–water partition coefficient (Wildman–Crippen LogP) is 0.862. The lowest BCUT2D eigenvalue weighted by Crippen LogP contribution is -2.37. The lowest BCUT2D eigenvalue weighted by Gasteiger charge is -2.24. The van der Waals surface area contributed by atoms with Gasteiger partial charge in [-0.05, 0) is 38.7 Å². The number of rotatable bonds is 3. The Hall–Kier alpha value is -2.74. The molecule has 1 amide bonds. The average Bonchev–Trinajstić information content (AvgIpc) is 3.32. The Morgan fingerprint density at radius 2 is 2.12 bits per heavy atom. The van der Waals surface area contributed by atoms with Crippen molar-refractivity contribution in [3.63, 3.8) is 0 Å². The van der Waals surface area contributed by atoms with Crippen molar-refractivity contribution in [3.8, 4) is 0 Å². The van der Waals surface area contributed by atoms with Crippen molar-refractivity contribution in [1.82, 2.24) is 34.2 Å². The van der Waals surface area contributed by atoms with Crippen LogP contribution >= 0.6 is 0 Å². The number of hydrogen-bond acceptors (Lipinski definition) is 5. The highest BCUT2D eigenvalue weighted by molar-refractivity contribution is 5.99. The average molecular weight is 339 g/mol. The van der Waals surface area contributed by atoms with E-state index in [-0.39, 0.29) is 18.0 Å². The number of imidazole rings is 1. The number of likely N-dealkylation sites (tertiary alicyclic amines) is 1. The number of pyridine rings is 1. The summed E-state index contributed by atoms with van der Waals surface area (Å²) in [7, 11) is 4.05. The molecule has 1 saturated heterocycles. The molecule has 3 aromatic rings. The molecule has 4 rings (SSSR count). The molecule has 8 nitrogen and oxygen atoms in total. The van der Waals surface area contributed by atoms with Crippen LogP contribution in [-0.2, 0) is 0 Å². The van der Waals surface area contributed by atoms with Crippen LogP contribution in [0.1, 0.15) is 22.1 Å². The highest BCUT2D eigenvalue weighted by atomic mass is 16.2. The predicted molar refractivity (Wildman–Crippen MR) is 92.4 cm³/mol. The molecule has 2 atom stereocenters. The molecule has 1 fully saturated rings. The van der Waals surface area contributed by atoms with Crippen molar-refractivity contribution in [2.45, 2.75) is 19.0 Å². The molecule has 0 unspecified atom stereocenters. The molecule has 0 saturated carbocycles. The zero-order valence-corrected chi connectivity index (χ0v) is 14.6. The first-order valence-electron chi connectivity index (χ1n) is 8.29. The molecule has 0 spiro atoms. The highest BCUT2D eigenvalue weighted by Crippen LogP contribution is 2.26. The maximum absolute atomic E-state index is 13.1. The third-order valence-corrected chi connectivity index (χ3v) is 4.89. The van der Waals surface area contributed by atoms with Crippen LogP contribution in [0.5, 0.6) is 0 Å². The molecule has 4 heterocycles. The fourth-order valence-corrected chi connectivity index (χ4v) is 3.51. The molecule has 1 aliphatic heterocycles. The molecule has 25 heavy (non-hydrogen) atoms. The van der Waals surface area contributed by atoms with E-state index in [9.17, 15) is 4.79 Å². The topological polar surface area (TPSA) is 71.6 Å². The van der Waals surface area contributed by atoms with Gasteiger partial charge in [0.25, 0.3) is 5.91 Å². The van der Waals surface area contributed by atoms with Crippen LogP contribution in [0.15, 0.2) is 37.1 Å². The Bertz CT molecular complexity index is 899. The van der Waals surface area contributed by atoms with E-state index >= 15 is 0 Å². The van der Waals surface area contributed by atoms with Crippen LogP contribution in [0.3, 0.4) is 0 Å². The van der Waals surface area contributed by atoms with Gasteiger partial charge >= 0.3 is 0 Å². The van der Waals surface area contributed by atoms with Crippen LogP contribution in [0.4, 0.5) is 0 Å². The monoisotopic (exact) mass is 339 g/mol. The number of carbonyl (C=O) groups is 1. The first-order valence-corrected chi connectivity index (χ1v) is 8.29. The number of aromatic nitrogens is 5. The highest BCUT2D eigenvalue weighted by Gasteiger charge is 2.39. The number of aryl methyl sites for hydroxylation is 1. The van der Waals surface area contributed by atoms with Gasteiger partial charge in [0.2, 0.25) is 0 Å². The minimum Gasteiger partial charge on any atom is -0.333 e. The molecule has 3 aromatic heterocycles. The van der Waals surface area contributed by atoms with Gasteiger partial charge < -0.3 is 14.2 Å². The van der Waals surface area contributed by atoms with Crippen molar-refractivity contribution in [2.75, 3.05) is 27.2 Å². The van der Waals surface area contributed by atoms with Gasteiger partial charge in [-0.3, -0.25) is 4.79 Å². The molecule has 0 aromatic carbocycles. The van der Waals surface area contributed by atoms with Gasteiger partial charge in [-0.15, -0.1) is 5.10 Å². The number of likely N-dealkylation sites (N-methyl/N-ethyl adjacent to an activating group) is 1. The first kappa shape index (κ1) is 15.8. The summed E-state index contributed by atoms with van der Waals surface area (Å²) in [5, 5.41) is 8.04. The van der Waals surface area contributed by atoms with E-state index in [0.717, 1.165) is 11.1 Å². The van der Waals surface area contributed by atoms with Gasteiger partial charge in [-0.2, -0.15) is 0 Å². The first-order chi connectivity index (χ1) is 12.0. The molecule has 0 N–H and O–H groups in total. The summed E-state index contributed by atoms with van der Waals surface area (Å²) < 4.78 is 3.72. The number of amides is 1. The third kappa shape index (κ3) is 2.68. The summed E-state index contributed by atoms with van der Waals surface area (Å²) in [6.45, 7) is 3.25. The third-order valence-electron chi connectivity index (χ3n) is 4.89. The van der Waals surface area contributed by atoms with E-state index in [1.165, 1.54) is 0 Å². The zero-order valence-electron chi connectivity index (χ0n) is 14.6. The maximum Gasteiger partial charge on any atom is 0.274 e. The Morgan fingerprint density at radius 3 is 2.84 bits per heavy atom. The second-order valence-electron chi connectivity index (χ2n) is 6.78. The Balaban J connectivity index is 1.65. The van der Waals surface area contributed by atoms with Crippen molar-refractivity contribution in [3.05, 3.63) is 48.3 Å². The molecule has 0 aliphatic carbocycles. The largest absolute Gasteiger partial charge is 0.333 e. The molecule has 8 heteroatoms. The second kappa shape index (κ2) is 5.96. The number of nitrogens with zero attached hydrogens (tertiary/aromatic N) is 7. The van der Waals surface area contributed by atoms with Crippen molar-refractivity contribution in [1.29, 1.82) is 0 Å². The summed E-state index contributed by atoms with van der Waals surface area (Å²) in [6, 6.07) is 4.26. The Labute approximate surface area is 145 Å². The van der Waals surface area contributed by atoms with Crippen LogP contribution in [0.2, 0.25) is 0 Å². The summed E-state index contributed by atoms with van der Waals surface area (Å²) in [5.74, 6) is -0.0393. The Morgan fingerprint density at radius 1 is 1.28 bits per heavy atom. The summed E-state index contributed by atoms with van der Waals surface area (Å²) in [4.78, 5) is 21.5. The SMILES string of the molecule is Cc1ccn2cnc(C(=O)N3C[C@@H](N(C)C)[C@@H](n4ccnn4)C3)c2c1. The van der Waals surface area contributed by atoms with Gasteiger partial charge in [0.05, 0.1) is 23.8 Å². The normalized spacial score (nSPS) is 20.7. The van der Waals surface area contributed by atoms with Crippen LogP contribution < -0.4 is 0 Å². The van der Waals surface area contributed by atoms with E-state index < -0.39 is 0 Å². The molecule has 1 aliphatic rings. The maximum atomic E-state index is 13.1. The fourth-order valence-electron chi connectivity index (χ4n) is 3.51. The standard InChI is InChI=1S/C17H21N7O/c1-12-4-6-22-11-18-16(13(22)8-12)17(25)23-9-14(21(2)3)15(10-23)24-7-5-19-20-24/h4-8,11,14-15H,9-10H2,1-3H3/t14-,15+/m1/s1. The van der Waals surface area contributed by atoms with Gasteiger partial charge in [0, 0.05) is 25.5 Å². The van der Waals surface area contributed by atoms with E-state index in [1.807, 2.05) is 59.5 Å². The minimum absolute atomic E-state index is 0.0393. The van der Waals surface area contributed by atoms with E-state index in [1.54, 1.807) is 12.5 Å².